The predicted molar refractivity (Wildman–Crippen MR) is 116 cm³/mol. The number of non-ortho nitro benzene ring substituents is 1. The van der Waals surface area contributed by atoms with Gasteiger partial charge in [0, 0.05) is 27.7 Å². The average molecular weight is 437 g/mol. The van der Waals surface area contributed by atoms with Gasteiger partial charge in [0.2, 0.25) is 0 Å². The van der Waals surface area contributed by atoms with Crippen molar-refractivity contribution in [3.63, 3.8) is 0 Å². The van der Waals surface area contributed by atoms with Crippen LogP contribution in [0.1, 0.15) is 41.6 Å². The molecule has 0 bridgehead atoms. The number of nitro benzene ring substituents is 1. The fourth-order valence-corrected chi connectivity index (χ4v) is 4.44. The fraction of sp³-hybridized carbons (Fsp3) is 0.217. The van der Waals surface area contributed by atoms with Gasteiger partial charge in [-0.2, -0.15) is 0 Å². The van der Waals surface area contributed by atoms with Crippen molar-refractivity contribution in [3.8, 4) is 0 Å². The van der Waals surface area contributed by atoms with E-state index in [1.165, 1.54) is 16.7 Å². The first-order valence-corrected chi connectivity index (χ1v) is 10.0. The van der Waals surface area contributed by atoms with Crippen LogP contribution >= 0.6 is 15.9 Å². The van der Waals surface area contributed by atoms with Gasteiger partial charge in [-0.1, -0.05) is 64.8 Å². The van der Waals surface area contributed by atoms with Gasteiger partial charge in [0.15, 0.2) is 0 Å². The van der Waals surface area contributed by atoms with E-state index in [9.17, 15) is 10.1 Å². The Morgan fingerprint density at radius 3 is 2.39 bits per heavy atom. The average Bonchev–Trinajstić information content (AvgIpc) is 2.69. The molecule has 2 atom stereocenters. The number of nitrogens with zero attached hydrogens (tertiary/aromatic N) is 1. The highest BCUT2D eigenvalue weighted by Gasteiger charge is 2.38. The van der Waals surface area contributed by atoms with Gasteiger partial charge in [-0.25, -0.2) is 0 Å². The third-order valence-corrected chi connectivity index (χ3v) is 6.21. The molecule has 4 nitrogen and oxygen atoms in total. The summed E-state index contributed by atoms with van der Waals surface area (Å²) < 4.78 is 1.06. The molecule has 0 fully saturated rings. The first-order valence-electron chi connectivity index (χ1n) is 9.25. The highest BCUT2D eigenvalue weighted by atomic mass is 79.9. The quantitative estimate of drug-likeness (QED) is 0.375. The van der Waals surface area contributed by atoms with Crippen molar-refractivity contribution in [1.82, 2.24) is 0 Å². The summed E-state index contributed by atoms with van der Waals surface area (Å²) in [4.78, 5) is 10.6. The highest BCUT2D eigenvalue weighted by Crippen LogP contribution is 2.48. The second kappa shape index (κ2) is 7.06. The molecule has 0 aromatic heterocycles. The largest absolute Gasteiger partial charge is 0.378 e. The van der Waals surface area contributed by atoms with Crippen molar-refractivity contribution in [3.05, 3.63) is 104 Å². The number of hydrogen-bond acceptors (Lipinski definition) is 3. The van der Waals surface area contributed by atoms with Gasteiger partial charge in [-0.15, -0.1) is 0 Å². The summed E-state index contributed by atoms with van der Waals surface area (Å²) in [5, 5.41) is 14.6. The molecule has 4 rings (SSSR count). The minimum atomic E-state index is -0.360. The minimum Gasteiger partial charge on any atom is -0.378 e. The van der Waals surface area contributed by atoms with Crippen molar-refractivity contribution in [2.24, 2.45) is 0 Å². The lowest BCUT2D eigenvalue weighted by Gasteiger charge is -2.42. The number of nitrogens with one attached hydrogen (secondary N) is 1. The van der Waals surface area contributed by atoms with E-state index >= 15 is 0 Å². The molecule has 3 aromatic carbocycles. The van der Waals surface area contributed by atoms with Crippen molar-refractivity contribution in [1.29, 1.82) is 0 Å². The fourth-order valence-electron chi connectivity index (χ4n) is 4.08. The minimum absolute atomic E-state index is 0.0702. The van der Waals surface area contributed by atoms with Gasteiger partial charge in [-0.05, 0) is 48.2 Å². The predicted octanol–water partition coefficient (Wildman–Crippen LogP) is 6.53. The molecule has 0 unspecified atom stereocenters. The molecule has 0 amide bonds. The Kier molecular flexibility index (Phi) is 4.71. The lowest BCUT2D eigenvalue weighted by molar-refractivity contribution is -0.384. The van der Waals surface area contributed by atoms with Gasteiger partial charge in [0.25, 0.3) is 5.69 Å². The van der Waals surface area contributed by atoms with Crippen molar-refractivity contribution in [2.75, 3.05) is 5.32 Å². The van der Waals surface area contributed by atoms with Crippen LogP contribution in [0.25, 0.3) is 0 Å². The molecule has 1 aliphatic rings. The molecular weight excluding hydrogens is 416 g/mol. The lowest BCUT2D eigenvalue weighted by Crippen LogP contribution is -2.34. The molecule has 0 saturated carbocycles. The number of aryl methyl sites for hydroxylation is 1. The molecule has 1 N–H and O–H groups in total. The van der Waals surface area contributed by atoms with Crippen LogP contribution in [-0.4, -0.2) is 4.92 Å². The van der Waals surface area contributed by atoms with E-state index < -0.39 is 0 Å². The van der Waals surface area contributed by atoms with E-state index in [0.29, 0.717) is 0 Å². The molecule has 5 heteroatoms. The molecule has 0 aliphatic carbocycles. The number of hydrogen-bond donors (Lipinski definition) is 1. The van der Waals surface area contributed by atoms with Gasteiger partial charge < -0.3 is 5.32 Å². The van der Waals surface area contributed by atoms with Crippen LogP contribution in [0.5, 0.6) is 0 Å². The summed E-state index contributed by atoms with van der Waals surface area (Å²) in [6.07, 6.45) is 0.858. The van der Waals surface area contributed by atoms with Gasteiger partial charge in [0.05, 0.1) is 11.0 Å². The second-order valence-corrected chi connectivity index (χ2v) is 8.55. The summed E-state index contributed by atoms with van der Waals surface area (Å²) >= 11 is 3.62. The number of halogens is 1. The SMILES string of the molecule is Cc1ccc([C@]2(C)C[C@H](c3ccc([N+](=O)[O-])cc3)Nc3ccc(Br)cc32)cc1. The van der Waals surface area contributed by atoms with Crippen LogP contribution in [0.3, 0.4) is 0 Å². The molecule has 28 heavy (non-hydrogen) atoms. The molecule has 0 radical (unpaired) electrons. The summed E-state index contributed by atoms with van der Waals surface area (Å²) in [6.45, 7) is 4.38. The Labute approximate surface area is 172 Å². The van der Waals surface area contributed by atoms with Crippen molar-refractivity contribution < 1.29 is 4.92 Å². The summed E-state index contributed by atoms with van der Waals surface area (Å²) in [6, 6.07) is 22.0. The van der Waals surface area contributed by atoms with Gasteiger partial charge in [0.1, 0.15) is 0 Å². The van der Waals surface area contributed by atoms with Crippen molar-refractivity contribution >= 4 is 27.3 Å². The van der Waals surface area contributed by atoms with Crippen LogP contribution in [0, 0.1) is 17.0 Å². The van der Waals surface area contributed by atoms with E-state index in [1.807, 2.05) is 18.2 Å². The zero-order chi connectivity index (χ0) is 19.9. The molecule has 1 aliphatic heterocycles. The third-order valence-electron chi connectivity index (χ3n) is 5.71. The monoisotopic (exact) mass is 436 g/mol. The summed E-state index contributed by atoms with van der Waals surface area (Å²) in [5.41, 5.74) is 5.85. The van der Waals surface area contributed by atoms with Crippen LogP contribution in [0.15, 0.2) is 71.2 Å². The van der Waals surface area contributed by atoms with Crippen LogP contribution in [-0.2, 0) is 5.41 Å². The van der Waals surface area contributed by atoms with Gasteiger partial charge in [-0.3, -0.25) is 10.1 Å². The molecule has 0 saturated heterocycles. The van der Waals surface area contributed by atoms with Crippen LogP contribution in [0.4, 0.5) is 11.4 Å². The van der Waals surface area contributed by atoms with E-state index in [2.05, 4.69) is 71.5 Å². The number of fused-ring (bicyclic) bond motifs is 1. The van der Waals surface area contributed by atoms with Crippen molar-refractivity contribution in [2.45, 2.75) is 31.7 Å². The van der Waals surface area contributed by atoms with E-state index in [1.54, 1.807) is 12.1 Å². The first kappa shape index (κ1) is 18.7. The van der Waals surface area contributed by atoms with Crippen LogP contribution in [0.2, 0.25) is 0 Å². The van der Waals surface area contributed by atoms with E-state index in [0.717, 1.165) is 22.1 Å². The maximum Gasteiger partial charge on any atom is 0.269 e. The van der Waals surface area contributed by atoms with Gasteiger partial charge >= 0.3 is 0 Å². The summed E-state index contributed by atoms with van der Waals surface area (Å²) in [7, 11) is 0. The number of anilines is 1. The number of rotatable bonds is 3. The number of benzene rings is 3. The maximum absolute atomic E-state index is 11.0. The zero-order valence-electron chi connectivity index (χ0n) is 15.8. The maximum atomic E-state index is 11.0. The Hall–Kier alpha value is -2.66. The standard InChI is InChI=1S/C23H21BrN2O2/c1-15-3-7-17(8-4-15)23(2)14-22(16-5-10-19(11-6-16)26(27)28)25-21-12-9-18(24)13-20(21)23/h3-13,22,25H,14H2,1-2H3/t22-,23+/m1/s1. The number of nitro groups is 1. The summed E-state index contributed by atoms with van der Waals surface area (Å²) in [5.74, 6) is 0. The Morgan fingerprint density at radius 1 is 1.07 bits per heavy atom. The first-order chi connectivity index (χ1) is 13.4. The van der Waals surface area contributed by atoms with E-state index in [4.69, 9.17) is 0 Å². The Morgan fingerprint density at radius 2 is 1.75 bits per heavy atom. The molecular formula is C23H21BrN2O2. The normalized spacial score (nSPS) is 20.9. The smallest absolute Gasteiger partial charge is 0.269 e. The Bertz CT molecular complexity index is 1030. The van der Waals surface area contributed by atoms with Crippen LogP contribution < -0.4 is 5.32 Å². The molecule has 142 valence electrons. The highest BCUT2D eigenvalue weighted by molar-refractivity contribution is 9.10. The zero-order valence-corrected chi connectivity index (χ0v) is 17.4. The molecule has 1 heterocycles. The topological polar surface area (TPSA) is 55.2 Å². The second-order valence-electron chi connectivity index (χ2n) is 7.64. The molecule has 3 aromatic rings. The molecule has 0 spiro atoms. The third kappa shape index (κ3) is 3.31. The van der Waals surface area contributed by atoms with E-state index in [-0.39, 0.29) is 22.1 Å². The lowest BCUT2D eigenvalue weighted by atomic mass is 9.68. The Balaban J connectivity index is 1.80.